The Morgan fingerprint density at radius 1 is 1.28 bits per heavy atom. The number of likely N-dealkylation sites (tertiary alicyclic amines) is 1. The van der Waals surface area contributed by atoms with Crippen molar-refractivity contribution in [1.29, 1.82) is 0 Å². The Labute approximate surface area is 149 Å². The zero-order valence-corrected chi connectivity index (χ0v) is 14.5. The third-order valence-corrected chi connectivity index (χ3v) is 4.49. The summed E-state index contributed by atoms with van der Waals surface area (Å²) in [5.74, 6) is -0.681. The van der Waals surface area contributed by atoms with Gasteiger partial charge >= 0.3 is 5.97 Å². The number of hydrogen-bond donors (Lipinski definition) is 2. The van der Waals surface area contributed by atoms with Gasteiger partial charge in [0.25, 0.3) is 0 Å². The van der Waals surface area contributed by atoms with Crippen molar-refractivity contribution in [1.82, 2.24) is 4.90 Å². The summed E-state index contributed by atoms with van der Waals surface area (Å²) in [7, 11) is 0. The van der Waals surface area contributed by atoms with Gasteiger partial charge in [-0.05, 0) is 31.2 Å². The topological polar surface area (TPSA) is 77.8 Å². The van der Waals surface area contributed by atoms with Gasteiger partial charge in [0.2, 0.25) is 5.91 Å². The van der Waals surface area contributed by atoms with E-state index in [4.69, 9.17) is 5.11 Å². The summed E-state index contributed by atoms with van der Waals surface area (Å²) in [6, 6.07) is 9.80. The fraction of sp³-hybridized carbons (Fsp3) is 0.500. The number of unbranched alkanes of at least 4 members (excludes halogenated alkanes) is 1. The lowest BCUT2D eigenvalue weighted by atomic mass is 9.99. The molecule has 0 spiro atoms. The monoisotopic (exact) mass is 345 g/mol. The van der Waals surface area contributed by atoms with E-state index in [0.29, 0.717) is 32.2 Å². The minimum Gasteiger partial charge on any atom is -0.481 e. The Bertz CT molecular complexity index is 585. The summed E-state index contributed by atoms with van der Waals surface area (Å²) < 4.78 is 0. The molecule has 2 rings (SSSR count). The largest absolute Gasteiger partial charge is 0.481 e. The van der Waals surface area contributed by atoms with E-state index in [0.717, 1.165) is 18.4 Å². The van der Waals surface area contributed by atoms with Gasteiger partial charge in [0.1, 0.15) is 0 Å². The van der Waals surface area contributed by atoms with Crippen LogP contribution in [0.5, 0.6) is 0 Å². The second-order valence-corrected chi connectivity index (χ2v) is 6.54. The number of carboxylic acids is 1. The minimum absolute atomic E-state index is 0.00324. The zero-order valence-electron chi connectivity index (χ0n) is 14.5. The first kappa shape index (κ1) is 19.2. The highest BCUT2D eigenvalue weighted by Crippen LogP contribution is 2.20. The number of benzene rings is 1. The predicted molar refractivity (Wildman–Crippen MR) is 96.1 cm³/mol. The number of carboxylic acid groups (broad SMARTS) is 1. The molecule has 2 N–H and O–H groups in total. The number of rotatable bonds is 9. The van der Waals surface area contributed by atoms with Crippen LogP contribution in [0.3, 0.4) is 0 Å². The molecule has 1 aliphatic heterocycles. The van der Waals surface area contributed by atoms with Crippen LogP contribution >= 0.6 is 0 Å². The lowest BCUT2D eigenvalue weighted by molar-refractivity contribution is -0.137. The van der Waals surface area contributed by atoms with Crippen molar-refractivity contribution in [2.75, 3.05) is 6.54 Å². The smallest absolute Gasteiger partial charge is 0.303 e. The molecule has 0 radical (unpaired) electrons. The van der Waals surface area contributed by atoms with Gasteiger partial charge < -0.3 is 15.1 Å². The van der Waals surface area contributed by atoms with Crippen LogP contribution in [0, 0.1) is 0 Å². The second-order valence-electron chi connectivity index (χ2n) is 6.54. The van der Waals surface area contributed by atoms with Crippen LogP contribution in [0.2, 0.25) is 0 Å². The van der Waals surface area contributed by atoms with E-state index in [1.807, 2.05) is 41.3 Å². The van der Waals surface area contributed by atoms with Gasteiger partial charge in [-0.1, -0.05) is 42.5 Å². The Kier molecular flexibility index (Phi) is 7.67. The van der Waals surface area contributed by atoms with Crippen LogP contribution in [0.4, 0.5) is 0 Å². The van der Waals surface area contributed by atoms with Gasteiger partial charge in [-0.15, -0.1) is 0 Å². The molecule has 1 aliphatic rings. The maximum absolute atomic E-state index is 12.2. The molecule has 1 amide bonds. The van der Waals surface area contributed by atoms with Gasteiger partial charge in [0.15, 0.2) is 0 Å². The normalized spacial score (nSPS) is 19.3. The Balaban J connectivity index is 1.87. The summed E-state index contributed by atoms with van der Waals surface area (Å²) in [4.78, 5) is 24.6. The molecule has 136 valence electrons. The third kappa shape index (κ3) is 6.70. The molecule has 0 saturated carbocycles. The van der Waals surface area contributed by atoms with Crippen molar-refractivity contribution in [3.8, 4) is 0 Å². The van der Waals surface area contributed by atoms with Crippen LogP contribution in [0.25, 0.3) is 0 Å². The molecule has 1 fully saturated rings. The number of amides is 1. The van der Waals surface area contributed by atoms with Crippen molar-refractivity contribution in [3.63, 3.8) is 0 Å². The number of aliphatic hydroxyl groups excluding tert-OH is 1. The summed E-state index contributed by atoms with van der Waals surface area (Å²) in [5, 5.41) is 18.9. The molecule has 1 unspecified atom stereocenters. The molecule has 0 aliphatic carbocycles. The maximum atomic E-state index is 12.2. The SMILES string of the molecule is O=C(O)CCCCN1C(=O)CCC[C@@H]1/C=C/C(O)Cc1ccccc1. The number of aliphatic hydroxyl groups is 1. The average Bonchev–Trinajstić information content (AvgIpc) is 2.59. The number of hydrogen-bond acceptors (Lipinski definition) is 3. The van der Waals surface area contributed by atoms with E-state index in [2.05, 4.69) is 0 Å². The van der Waals surface area contributed by atoms with Gasteiger partial charge in [-0.2, -0.15) is 0 Å². The standard InChI is InChI=1S/C20H27NO4/c22-18(15-16-7-2-1-3-8-16)13-12-17-9-6-10-19(23)21(17)14-5-4-11-20(24)25/h1-3,7-8,12-13,17-18,22H,4-6,9-11,14-15H2,(H,24,25)/b13-12+/t17-,18?/m1/s1. The molecule has 0 bridgehead atoms. The fourth-order valence-corrected chi connectivity index (χ4v) is 3.18. The Morgan fingerprint density at radius 3 is 2.76 bits per heavy atom. The van der Waals surface area contributed by atoms with Gasteiger partial charge in [0, 0.05) is 25.8 Å². The minimum atomic E-state index is -0.801. The molecule has 5 nitrogen and oxygen atoms in total. The van der Waals surface area contributed by atoms with Gasteiger partial charge in [-0.3, -0.25) is 9.59 Å². The molecular formula is C20H27NO4. The molecular weight excluding hydrogens is 318 g/mol. The average molecular weight is 345 g/mol. The second kappa shape index (κ2) is 9.99. The number of carbonyl (C=O) groups is 2. The first-order valence-corrected chi connectivity index (χ1v) is 8.98. The van der Waals surface area contributed by atoms with Crippen LogP contribution in [-0.4, -0.2) is 45.7 Å². The first-order chi connectivity index (χ1) is 12.1. The van der Waals surface area contributed by atoms with Crippen LogP contribution in [-0.2, 0) is 16.0 Å². The van der Waals surface area contributed by atoms with Gasteiger partial charge in [0.05, 0.1) is 12.1 Å². The van der Waals surface area contributed by atoms with Crippen LogP contribution in [0.1, 0.15) is 44.1 Å². The Morgan fingerprint density at radius 2 is 2.04 bits per heavy atom. The highest BCUT2D eigenvalue weighted by molar-refractivity contribution is 5.77. The van der Waals surface area contributed by atoms with E-state index in [1.165, 1.54) is 0 Å². The molecule has 1 heterocycles. The Hall–Kier alpha value is -2.14. The van der Waals surface area contributed by atoms with E-state index >= 15 is 0 Å². The highest BCUT2D eigenvalue weighted by Gasteiger charge is 2.25. The zero-order chi connectivity index (χ0) is 18.1. The summed E-state index contributed by atoms with van der Waals surface area (Å²) in [6.45, 7) is 0.579. The predicted octanol–water partition coefficient (Wildman–Crippen LogP) is 2.78. The quantitative estimate of drug-likeness (QED) is 0.533. The lowest BCUT2D eigenvalue weighted by Crippen LogP contribution is -2.43. The maximum Gasteiger partial charge on any atom is 0.303 e. The molecule has 0 aromatic heterocycles. The summed E-state index contributed by atoms with van der Waals surface area (Å²) in [6.07, 6.45) is 7.38. The van der Waals surface area contributed by atoms with Crippen LogP contribution in [0.15, 0.2) is 42.5 Å². The highest BCUT2D eigenvalue weighted by atomic mass is 16.4. The molecule has 1 aromatic carbocycles. The molecule has 25 heavy (non-hydrogen) atoms. The summed E-state index contributed by atoms with van der Waals surface area (Å²) in [5.41, 5.74) is 1.07. The number of nitrogens with zero attached hydrogens (tertiary/aromatic N) is 1. The molecule has 2 atom stereocenters. The first-order valence-electron chi connectivity index (χ1n) is 8.98. The van der Waals surface area contributed by atoms with Gasteiger partial charge in [-0.25, -0.2) is 0 Å². The number of piperidine rings is 1. The van der Waals surface area contributed by atoms with E-state index in [-0.39, 0.29) is 18.4 Å². The number of carbonyl (C=O) groups excluding carboxylic acids is 1. The van der Waals surface area contributed by atoms with E-state index < -0.39 is 12.1 Å². The summed E-state index contributed by atoms with van der Waals surface area (Å²) >= 11 is 0. The van der Waals surface area contributed by atoms with Crippen molar-refractivity contribution >= 4 is 11.9 Å². The number of aliphatic carboxylic acids is 1. The van der Waals surface area contributed by atoms with Crippen LogP contribution < -0.4 is 0 Å². The molecule has 1 aromatic rings. The lowest BCUT2D eigenvalue weighted by Gasteiger charge is -2.34. The van der Waals surface area contributed by atoms with Crippen molar-refractivity contribution < 1.29 is 19.8 Å². The van der Waals surface area contributed by atoms with Crippen molar-refractivity contribution in [3.05, 3.63) is 48.0 Å². The fourth-order valence-electron chi connectivity index (χ4n) is 3.18. The van der Waals surface area contributed by atoms with E-state index in [1.54, 1.807) is 6.08 Å². The van der Waals surface area contributed by atoms with Crippen molar-refractivity contribution in [2.24, 2.45) is 0 Å². The molecule has 5 heteroatoms. The van der Waals surface area contributed by atoms with Crippen molar-refractivity contribution in [2.45, 2.75) is 57.1 Å². The third-order valence-electron chi connectivity index (χ3n) is 4.49. The molecule has 1 saturated heterocycles. The van der Waals surface area contributed by atoms with E-state index in [9.17, 15) is 14.7 Å².